The number of phosphoric ester groups is 1. The highest BCUT2D eigenvalue weighted by atomic mass is 31.2. The molecular weight excluding hydrogens is 786 g/mol. The minimum absolute atomic E-state index is 0.0324. The highest BCUT2D eigenvalue weighted by Gasteiger charge is 2.27. The number of allylic oxidation sites excluding steroid dienone is 2. The molecule has 0 aromatic carbocycles. The molecule has 0 fully saturated rings. The highest BCUT2D eigenvalue weighted by molar-refractivity contribution is 7.47. The molecule has 0 rings (SSSR count). The average Bonchev–Trinajstić information content (AvgIpc) is 3.21. The second-order valence-electron chi connectivity index (χ2n) is 18.9. The molecule has 0 amide bonds. The van der Waals surface area contributed by atoms with Crippen molar-refractivity contribution >= 4 is 19.8 Å². The smallest absolute Gasteiger partial charge is 0.462 e. The van der Waals surface area contributed by atoms with E-state index in [0.717, 1.165) is 32.1 Å². The molecule has 9 nitrogen and oxygen atoms in total. The largest absolute Gasteiger partial charge is 0.472 e. The minimum atomic E-state index is -4.38. The zero-order chi connectivity index (χ0) is 45.0. The Labute approximate surface area is 377 Å². The lowest BCUT2D eigenvalue weighted by Crippen LogP contribution is -2.37. The quantitative estimate of drug-likeness (QED) is 0.0212. The Morgan fingerprint density at radius 3 is 1.25 bits per heavy atom. The van der Waals surface area contributed by atoms with Crippen LogP contribution >= 0.6 is 7.82 Å². The van der Waals surface area contributed by atoms with Crippen molar-refractivity contribution in [2.75, 3.05) is 47.5 Å². The molecule has 61 heavy (non-hydrogen) atoms. The molecule has 0 aliphatic rings. The zero-order valence-electron chi connectivity index (χ0n) is 40.9. The van der Waals surface area contributed by atoms with Crippen molar-refractivity contribution in [1.82, 2.24) is 0 Å². The van der Waals surface area contributed by atoms with Gasteiger partial charge in [0.15, 0.2) is 6.10 Å². The van der Waals surface area contributed by atoms with Crippen molar-refractivity contribution in [2.24, 2.45) is 0 Å². The van der Waals surface area contributed by atoms with Crippen LogP contribution in [0.3, 0.4) is 0 Å². The molecule has 362 valence electrons. The summed E-state index contributed by atoms with van der Waals surface area (Å²) in [5, 5.41) is 0. The minimum Gasteiger partial charge on any atom is -0.462 e. The summed E-state index contributed by atoms with van der Waals surface area (Å²) in [5.41, 5.74) is 0. The number of carbonyl (C=O) groups excluding carboxylic acids is 2. The van der Waals surface area contributed by atoms with E-state index in [-0.39, 0.29) is 32.0 Å². The van der Waals surface area contributed by atoms with Gasteiger partial charge in [-0.05, 0) is 38.5 Å². The van der Waals surface area contributed by atoms with Gasteiger partial charge in [0, 0.05) is 12.8 Å². The number of esters is 2. The number of hydrogen-bond donors (Lipinski definition) is 1. The first-order valence-electron chi connectivity index (χ1n) is 25.9. The number of unbranched alkanes of at least 4 members (excludes halogenated alkanes) is 32. The maximum Gasteiger partial charge on any atom is 0.472 e. The van der Waals surface area contributed by atoms with Crippen LogP contribution < -0.4 is 0 Å². The molecule has 1 unspecified atom stereocenters. The first-order chi connectivity index (χ1) is 29.5. The van der Waals surface area contributed by atoms with Crippen molar-refractivity contribution in [3.63, 3.8) is 0 Å². The standard InChI is InChI=1S/C51H100NO8P/c1-6-8-10-12-14-16-18-20-22-23-24-25-26-27-28-30-32-34-36-38-40-42-44-51(54)60-49(48-59-61(55,56)58-46-45-52(3,4)5)47-57-50(53)43-41-39-37-35-33-31-29-21-19-17-15-13-11-9-7-2/h33,35,49H,6-32,34,36-48H2,1-5H3/p+1/b35-33+/t49-/m1/s1. The van der Waals surface area contributed by atoms with Crippen molar-refractivity contribution < 1.29 is 42.1 Å². The summed E-state index contributed by atoms with van der Waals surface area (Å²) in [7, 11) is 1.48. The van der Waals surface area contributed by atoms with Crippen LogP contribution in [0, 0.1) is 0 Å². The third kappa shape index (κ3) is 48.1. The Hall–Kier alpha value is -1.25. The monoisotopic (exact) mass is 887 g/mol. The molecular formula is C51H101NO8P+. The van der Waals surface area contributed by atoms with Gasteiger partial charge in [-0.1, -0.05) is 212 Å². The van der Waals surface area contributed by atoms with E-state index in [1.807, 2.05) is 21.1 Å². The number of likely N-dealkylation sites (N-methyl/N-ethyl adjacent to an activating group) is 1. The van der Waals surface area contributed by atoms with Crippen molar-refractivity contribution in [1.29, 1.82) is 0 Å². The van der Waals surface area contributed by atoms with E-state index in [1.165, 1.54) is 180 Å². The van der Waals surface area contributed by atoms with Crippen LogP contribution in [0.1, 0.15) is 251 Å². The fourth-order valence-corrected chi connectivity index (χ4v) is 8.22. The van der Waals surface area contributed by atoms with Crippen LogP contribution in [0.5, 0.6) is 0 Å². The average molecular weight is 887 g/mol. The predicted octanol–water partition coefficient (Wildman–Crippen LogP) is 15.3. The first kappa shape index (κ1) is 59.8. The van der Waals surface area contributed by atoms with Crippen molar-refractivity contribution in [3.8, 4) is 0 Å². The number of nitrogens with zero attached hydrogens (tertiary/aromatic N) is 1. The first-order valence-corrected chi connectivity index (χ1v) is 27.4. The number of quaternary nitrogens is 1. The summed E-state index contributed by atoms with van der Waals surface area (Å²) in [6.07, 6.45) is 48.4. The van der Waals surface area contributed by atoms with Gasteiger partial charge in [0.25, 0.3) is 0 Å². The van der Waals surface area contributed by atoms with Gasteiger partial charge in [0.1, 0.15) is 19.8 Å². The number of phosphoric acid groups is 1. The number of hydrogen-bond acceptors (Lipinski definition) is 7. The number of carbonyl (C=O) groups is 2. The van der Waals surface area contributed by atoms with Gasteiger partial charge >= 0.3 is 19.8 Å². The Morgan fingerprint density at radius 2 is 0.836 bits per heavy atom. The number of ether oxygens (including phenoxy) is 2. The molecule has 0 bridgehead atoms. The predicted molar refractivity (Wildman–Crippen MR) is 257 cm³/mol. The molecule has 0 aliphatic heterocycles. The molecule has 1 N–H and O–H groups in total. The molecule has 0 aromatic rings. The van der Waals surface area contributed by atoms with E-state index >= 15 is 0 Å². The zero-order valence-corrected chi connectivity index (χ0v) is 41.8. The molecule has 2 atom stereocenters. The van der Waals surface area contributed by atoms with Gasteiger partial charge in [-0.3, -0.25) is 18.6 Å². The lowest BCUT2D eigenvalue weighted by Gasteiger charge is -2.24. The molecule has 0 saturated heterocycles. The van der Waals surface area contributed by atoms with Gasteiger partial charge in [0.05, 0.1) is 27.7 Å². The molecule has 0 radical (unpaired) electrons. The van der Waals surface area contributed by atoms with Gasteiger partial charge in [-0.2, -0.15) is 0 Å². The third-order valence-electron chi connectivity index (χ3n) is 11.5. The van der Waals surface area contributed by atoms with Crippen LogP contribution in [-0.2, 0) is 32.7 Å². The van der Waals surface area contributed by atoms with Gasteiger partial charge in [0.2, 0.25) is 0 Å². The van der Waals surface area contributed by atoms with Crippen LogP contribution in [-0.4, -0.2) is 74.9 Å². The van der Waals surface area contributed by atoms with Crippen molar-refractivity contribution in [2.45, 2.75) is 258 Å². The lowest BCUT2D eigenvalue weighted by molar-refractivity contribution is -0.870. The van der Waals surface area contributed by atoms with E-state index in [0.29, 0.717) is 23.9 Å². The van der Waals surface area contributed by atoms with E-state index in [2.05, 4.69) is 26.0 Å². The summed E-state index contributed by atoms with van der Waals surface area (Å²) in [5.74, 6) is -0.809. The Balaban J connectivity index is 4.20. The van der Waals surface area contributed by atoms with E-state index in [4.69, 9.17) is 18.5 Å². The Bertz CT molecular complexity index is 1050. The molecule has 0 heterocycles. The van der Waals surface area contributed by atoms with Crippen LogP contribution in [0.2, 0.25) is 0 Å². The van der Waals surface area contributed by atoms with E-state index in [1.54, 1.807) is 0 Å². The van der Waals surface area contributed by atoms with E-state index in [9.17, 15) is 19.0 Å². The normalized spacial score (nSPS) is 13.5. The molecule has 0 aromatic heterocycles. The van der Waals surface area contributed by atoms with Crippen molar-refractivity contribution in [3.05, 3.63) is 12.2 Å². The van der Waals surface area contributed by atoms with Gasteiger partial charge in [-0.25, -0.2) is 4.57 Å². The van der Waals surface area contributed by atoms with Crippen LogP contribution in [0.15, 0.2) is 12.2 Å². The topological polar surface area (TPSA) is 108 Å². The van der Waals surface area contributed by atoms with E-state index < -0.39 is 26.5 Å². The Morgan fingerprint density at radius 1 is 0.492 bits per heavy atom. The Kier molecular flexibility index (Phi) is 43.1. The third-order valence-corrected chi connectivity index (χ3v) is 12.5. The van der Waals surface area contributed by atoms with Gasteiger partial charge in [-0.15, -0.1) is 0 Å². The summed E-state index contributed by atoms with van der Waals surface area (Å²) in [4.78, 5) is 35.5. The lowest BCUT2D eigenvalue weighted by atomic mass is 10.0. The fraction of sp³-hybridized carbons (Fsp3) is 0.922. The molecule has 0 spiro atoms. The second kappa shape index (κ2) is 44.0. The number of rotatable bonds is 48. The summed E-state index contributed by atoms with van der Waals surface area (Å²) < 4.78 is 34.4. The maximum atomic E-state index is 12.8. The van der Waals surface area contributed by atoms with Crippen LogP contribution in [0.25, 0.3) is 0 Å². The summed E-state index contributed by atoms with van der Waals surface area (Å²) in [6.45, 7) is 4.45. The fourth-order valence-electron chi connectivity index (χ4n) is 7.48. The maximum absolute atomic E-state index is 12.8. The highest BCUT2D eigenvalue weighted by Crippen LogP contribution is 2.43. The van der Waals surface area contributed by atoms with Gasteiger partial charge < -0.3 is 18.9 Å². The van der Waals surface area contributed by atoms with Crippen LogP contribution in [0.4, 0.5) is 0 Å². The SMILES string of the molecule is CCCCCCCCCCC/C=C/CCCCC(=O)OC[C@H](COP(=O)(O)OCC[N+](C)(C)C)OC(=O)CCCCCCCCCCCCCCCCCCCCCCCC. The summed E-state index contributed by atoms with van der Waals surface area (Å²) in [6, 6.07) is 0. The summed E-state index contributed by atoms with van der Waals surface area (Å²) >= 11 is 0. The second-order valence-corrected chi connectivity index (χ2v) is 20.4. The molecule has 0 aliphatic carbocycles. The molecule has 10 heteroatoms. The molecule has 0 saturated carbocycles.